The Kier molecular flexibility index (Phi) is 4.60. The lowest BCUT2D eigenvalue weighted by molar-refractivity contribution is -0.131. The van der Waals surface area contributed by atoms with Crippen molar-refractivity contribution in [2.24, 2.45) is 7.05 Å². The Hall–Kier alpha value is -2.30. The molecule has 2 heterocycles. The summed E-state index contributed by atoms with van der Waals surface area (Å²) in [6.45, 7) is 5.57. The van der Waals surface area contributed by atoms with E-state index in [1.165, 1.54) is 5.56 Å². The summed E-state index contributed by atoms with van der Waals surface area (Å²) in [6.07, 6.45) is 2.39. The van der Waals surface area contributed by atoms with Crippen LogP contribution in [0.5, 0.6) is 5.75 Å². The van der Waals surface area contributed by atoms with Gasteiger partial charge in [0.1, 0.15) is 5.75 Å². The molecule has 1 aromatic carbocycles. The molecule has 128 valence electrons. The highest BCUT2D eigenvalue weighted by Gasteiger charge is 2.25. The summed E-state index contributed by atoms with van der Waals surface area (Å²) in [5.41, 5.74) is 4.32. The number of nitrogens with zero attached hydrogens (tertiary/aromatic N) is 3. The molecule has 24 heavy (non-hydrogen) atoms. The zero-order valence-corrected chi connectivity index (χ0v) is 14.6. The highest BCUT2D eigenvalue weighted by atomic mass is 16.3. The number of carbonyl (C=O) groups excluding carboxylic acids is 1. The Balaban J connectivity index is 1.60. The van der Waals surface area contributed by atoms with E-state index in [1.807, 2.05) is 42.6 Å². The Morgan fingerprint density at radius 3 is 2.38 bits per heavy atom. The van der Waals surface area contributed by atoms with Gasteiger partial charge in [-0.3, -0.25) is 9.48 Å². The van der Waals surface area contributed by atoms with Gasteiger partial charge in [0, 0.05) is 31.4 Å². The predicted octanol–water partition coefficient (Wildman–Crippen LogP) is 2.69. The first-order chi connectivity index (χ1) is 11.5. The number of aromatic nitrogens is 2. The molecule has 0 bridgehead atoms. The third-order valence-corrected chi connectivity index (χ3v) is 5.20. The van der Waals surface area contributed by atoms with Gasteiger partial charge < -0.3 is 10.0 Å². The second-order valence-corrected chi connectivity index (χ2v) is 6.70. The fourth-order valence-corrected chi connectivity index (χ4v) is 3.55. The largest absolute Gasteiger partial charge is 0.508 e. The highest BCUT2D eigenvalue weighted by molar-refractivity contribution is 5.79. The first-order valence-corrected chi connectivity index (χ1v) is 8.51. The SMILES string of the molecule is Cc1nn(C)c(C)c1CC(=O)N1CCC(c2ccc(O)cc2)CC1. The summed E-state index contributed by atoms with van der Waals surface area (Å²) in [5.74, 6) is 0.962. The Labute approximate surface area is 142 Å². The molecular weight excluding hydrogens is 302 g/mol. The number of rotatable bonds is 3. The van der Waals surface area contributed by atoms with Gasteiger partial charge in [0.05, 0.1) is 12.1 Å². The average molecular weight is 327 g/mol. The van der Waals surface area contributed by atoms with Gasteiger partial charge in [-0.1, -0.05) is 12.1 Å². The van der Waals surface area contributed by atoms with Crippen LogP contribution in [0.1, 0.15) is 41.3 Å². The van der Waals surface area contributed by atoms with Gasteiger partial charge in [-0.05, 0) is 50.3 Å². The summed E-state index contributed by atoms with van der Waals surface area (Å²) in [5, 5.41) is 13.8. The van der Waals surface area contributed by atoms with Crippen LogP contribution < -0.4 is 0 Å². The van der Waals surface area contributed by atoms with Gasteiger partial charge in [-0.15, -0.1) is 0 Å². The van der Waals surface area contributed by atoms with Crippen molar-refractivity contribution in [3.63, 3.8) is 0 Å². The van der Waals surface area contributed by atoms with Crippen molar-refractivity contribution in [3.05, 3.63) is 46.8 Å². The first kappa shape index (κ1) is 16.6. The van der Waals surface area contributed by atoms with Gasteiger partial charge in [-0.25, -0.2) is 0 Å². The fourth-order valence-electron chi connectivity index (χ4n) is 3.55. The normalized spacial score (nSPS) is 15.7. The molecule has 1 amide bonds. The Bertz CT molecular complexity index is 726. The summed E-state index contributed by atoms with van der Waals surface area (Å²) < 4.78 is 1.84. The number of hydrogen-bond acceptors (Lipinski definition) is 3. The zero-order valence-electron chi connectivity index (χ0n) is 14.6. The average Bonchev–Trinajstić information content (AvgIpc) is 2.82. The summed E-state index contributed by atoms with van der Waals surface area (Å²) in [4.78, 5) is 14.6. The van der Waals surface area contributed by atoms with Crippen LogP contribution in [0.2, 0.25) is 0 Å². The fraction of sp³-hybridized carbons (Fsp3) is 0.474. The quantitative estimate of drug-likeness (QED) is 0.943. The molecule has 0 aliphatic carbocycles. The molecule has 1 saturated heterocycles. The van der Waals surface area contributed by atoms with Crippen LogP contribution >= 0.6 is 0 Å². The number of aryl methyl sites for hydroxylation is 2. The maximum Gasteiger partial charge on any atom is 0.227 e. The minimum absolute atomic E-state index is 0.193. The highest BCUT2D eigenvalue weighted by Crippen LogP contribution is 2.29. The number of phenols is 1. The lowest BCUT2D eigenvalue weighted by Crippen LogP contribution is -2.38. The number of hydrogen-bond donors (Lipinski definition) is 1. The van der Waals surface area contributed by atoms with Crippen molar-refractivity contribution < 1.29 is 9.90 Å². The Morgan fingerprint density at radius 1 is 1.21 bits per heavy atom. The van der Waals surface area contributed by atoms with Gasteiger partial charge in [-0.2, -0.15) is 5.10 Å². The van der Waals surface area contributed by atoms with Crippen LogP contribution in [0.4, 0.5) is 0 Å². The number of benzene rings is 1. The molecule has 1 aromatic heterocycles. The van der Waals surface area contributed by atoms with Gasteiger partial charge in [0.2, 0.25) is 5.91 Å². The van der Waals surface area contributed by atoms with Gasteiger partial charge in [0.25, 0.3) is 0 Å². The number of carbonyl (C=O) groups is 1. The predicted molar refractivity (Wildman–Crippen MR) is 93.0 cm³/mol. The second-order valence-electron chi connectivity index (χ2n) is 6.70. The van der Waals surface area contributed by atoms with E-state index in [0.717, 1.165) is 42.9 Å². The van der Waals surface area contributed by atoms with Crippen LogP contribution in [0.3, 0.4) is 0 Å². The molecule has 1 aliphatic rings. The molecule has 0 saturated carbocycles. The first-order valence-electron chi connectivity index (χ1n) is 8.51. The molecule has 3 rings (SSSR count). The van der Waals surface area contributed by atoms with Gasteiger partial charge in [0.15, 0.2) is 0 Å². The van der Waals surface area contributed by atoms with Crippen molar-refractivity contribution in [2.75, 3.05) is 13.1 Å². The summed E-state index contributed by atoms with van der Waals surface area (Å²) in [7, 11) is 1.92. The van der Waals surface area contributed by atoms with E-state index >= 15 is 0 Å². The summed E-state index contributed by atoms with van der Waals surface area (Å²) >= 11 is 0. The van der Waals surface area contributed by atoms with Crippen LogP contribution in [0.15, 0.2) is 24.3 Å². The number of aromatic hydroxyl groups is 1. The third kappa shape index (κ3) is 3.30. The minimum Gasteiger partial charge on any atom is -0.508 e. The molecule has 2 aromatic rings. The molecule has 0 atom stereocenters. The zero-order chi connectivity index (χ0) is 17.3. The van der Waals surface area contributed by atoms with Crippen LogP contribution in [0, 0.1) is 13.8 Å². The lowest BCUT2D eigenvalue weighted by atomic mass is 9.89. The van der Waals surface area contributed by atoms with Crippen molar-refractivity contribution in [1.82, 2.24) is 14.7 Å². The minimum atomic E-state index is 0.193. The monoisotopic (exact) mass is 327 g/mol. The standard InChI is InChI=1S/C19H25N3O2/c1-13-18(14(2)21(3)20-13)12-19(24)22-10-8-16(9-11-22)15-4-6-17(23)7-5-15/h4-7,16,23H,8-12H2,1-3H3. The van der Waals surface area contributed by atoms with Crippen molar-refractivity contribution >= 4 is 5.91 Å². The maximum absolute atomic E-state index is 12.6. The van der Waals surface area contributed by atoms with Crippen LogP contribution in [-0.4, -0.2) is 38.8 Å². The third-order valence-electron chi connectivity index (χ3n) is 5.20. The van der Waals surface area contributed by atoms with E-state index in [2.05, 4.69) is 5.10 Å². The topological polar surface area (TPSA) is 58.4 Å². The number of likely N-dealkylation sites (tertiary alicyclic amines) is 1. The van der Waals surface area contributed by atoms with E-state index in [-0.39, 0.29) is 5.91 Å². The molecule has 0 radical (unpaired) electrons. The molecule has 0 unspecified atom stereocenters. The van der Waals surface area contributed by atoms with Crippen LogP contribution in [-0.2, 0) is 18.3 Å². The molecule has 0 spiro atoms. The second kappa shape index (κ2) is 6.67. The number of amides is 1. The van der Waals surface area contributed by atoms with E-state index in [4.69, 9.17) is 0 Å². The molecule has 5 nitrogen and oxygen atoms in total. The molecule has 5 heteroatoms. The van der Waals surface area contributed by atoms with E-state index < -0.39 is 0 Å². The summed E-state index contributed by atoms with van der Waals surface area (Å²) in [6, 6.07) is 7.45. The Morgan fingerprint density at radius 2 is 1.83 bits per heavy atom. The van der Waals surface area contributed by atoms with Crippen molar-refractivity contribution in [3.8, 4) is 5.75 Å². The maximum atomic E-state index is 12.6. The molecule has 1 fully saturated rings. The number of phenolic OH excluding ortho intramolecular Hbond substituents is 1. The smallest absolute Gasteiger partial charge is 0.227 e. The van der Waals surface area contributed by atoms with E-state index in [1.54, 1.807) is 12.1 Å². The van der Waals surface area contributed by atoms with Crippen molar-refractivity contribution in [1.29, 1.82) is 0 Å². The molecular formula is C19H25N3O2. The van der Waals surface area contributed by atoms with Gasteiger partial charge >= 0.3 is 0 Å². The lowest BCUT2D eigenvalue weighted by Gasteiger charge is -2.32. The van der Waals surface area contributed by atoms with Crippen molar-refractivity contribution in [2.45, 2.75) is 39.0 Å². The van der Waals surface area contributed by atoms with E-state index in [0.29, 0.717) is 18.1 Å². The van der Waals surface area contributed by atoms with E-state index in [9.17, 15) is 9.90 Å². The van der Waals surface area contributed by atoms with Crippen LogP contribution in [0.25, 0.3) is 0 Å². The molecule has 1 aliphatic heterocycles. The number of piperidine rings is 1. The molecule has 1 N–H and O–H groups in total.